The number of benzene rings is 1. The Balaban J connectivity index is 1.97. The lowest BCUT2D eigenvalue weighted by Crippen LogP contribution is -2.36. The Morgan fingerprint density at radius 1 is 0.909 bits per heavy atom. The zero-order chi connectivity index (χ0) is 15.6. The highest BCUT2D eigenvalue weighted by Gasteiger charge is 2.05. The maximum Gasteiger partial charge on any atom is 0.205 e. The Kier molecular flexibility index (Phi) is 6.65. The summed E-state index contributed by atoms with van der Waals surface area (Å²) < 4.78 is 2.28. The first-order chi connectivity index (χ1) is 10.8. The van der Waals surface area contributed by atoms with E-state index >= 15 is 0 Å². The average molecular weight is 297 g/mol. The topological polar surface area (TPSA) is 50.1 Å². The van der Waals surface area contributed by atoms with E-state index in [1.807, 2.05) is 12.1 Å². The molecule has 0 saturated carbocycles. The minimum absolute atomic E-state index is 0.296. The summed E-state index contributed by atoms with van der Waals surface area (Å²) in [5.74, 6) is 0.296. The fourth-order valence-corrected chi connectivity index (χ4v) is 2.39. The smallest absolute Gasteiger partial charge is 0.205 e. The predicted octanol–water partition coefficient (Wildman–Crippen LogP) is 3.37. The molecule has 1 aromatic carbocycles. The molecule has 2 aromatic rings. The summed E-state index contributed by atoms with van der Waals surface area (Å²) in [5, 5.41) is 9.31. The number of hydrogen-bond acceptors (Lipinski definition) is 2. The van der Waals surface area contributed by atoms with Gasteiger partial charge in [-0.2, -0.15) is 4.57 Å². The van der Waals surface area contributed by atoms with E-state index in [1.54, 1.807) is 12.1 Å². The van der Waals surface area contributed by atoms with Gasteiger partial charge < -0.3 is 10.8 Å². The fourth-order valence-electron chi connectivity index (χ4n) is 2.39. The molecule has 0 atom stereocenters. The van der Waals surface area contributed by atoms with Crippen molar-refractivity contribution >= 4 is 12.2 Å². The van der Waals surface area contributed by atoms with Gasteiger partial charge in [0.1, 0.15) is 12.3 Å². The summed E-state index contributed by atoms with van der Waals surface area (Å²) in [6.45, 7) is 1.82. The van der Waals surface area contributed by atoms with Crippen molar-refractivity contribution in [1.29, 1.82) is 0 Å². The van der Waals surface area contributed by atoms with Crippen LogP contribution in [0.15, 0.2) is 48.7 Å². The van der Waals surface area contributed by atoms with E-state index in [4.69, 9.17) is 5.73 Å². The molecule has 2 rings (SSSR count). The third kappa shape index (κ3) is 5.34. The minimum atomic E-state index is 0.296. The van der Waals surface area contributed by atoms with Gasteiger partial charge >= 0.3 is 0 Å². The molecule has 0 spiro atoms. The number of aryl methyl sites for hydroxylation is 1. The third-order valence-electron chi connectivity index (χ3n) is 3.67. The van der Waals surface area contributed by atoms with Crippen LogP contribution in [-0.2, 0) is 6.54 Å². The highest BCUT2D eigenvalue weighted by atomic mass is 16.3. The van der Waals surface area contributed by atoms with E-state index in [2.05, 4.69) is 41.1 Å². The first kappa shape index (κ1) is 16.2. The molecule has 0 aliphatic rings. The largest absolute Gasteiger partial charge is 0.508 e. The van der Waals surface area contributed by atoms with E-state index in [-0.39, 0.29) is 0 Å². The van der Waals surface area contributed by atoms with Gasteiger partial charge in [-0.1, -0.05) is 18.6 Å². The van der Waals surface area contributed by atoms with Crippen molar-refractivity contribution in [3.8, 4) is 5.75 Å². The van der Waals surface area contributed by atoms with E-state index in [0.717, 1.165) is 25.1 Å². The van der Waals surface area contributed by atoms with E-state index in [9.17, 15) is 5.11 Å². The van der Waals surface area contributed by atoms with Crippen LogP contribution in [0.2, 0.25) is 0 Å². The monoisotopic (exact) mass is 297 g/mol. The number of nitrogens with two attached hydrogens (primary N) is 1. The van der Waals surface area contributed by atoms with Gasteiger partial charge in [-0.15, -0.1) is 0 Å². The van der Waals surface area contributed by atoms with Crippen molar-refractivity contribution in [2.45, 2.75) is 32.2 Å². The Morgan fingerprint density at radius 2 is 1.68 bits per heavy atom. The number of unbranched alkanes of at least 4 members (excludes halogenated alkanes) is 3. The maximum atomic E-state index is 9.31. The van der Waals surface area contributed by atoms with E-state index < -0.39 is 0 Å². The minimum Gasteiger partial charge on any atom is -0.508 e. The molecule has 3 nitrogen and oxygen atoms in total. The number of phenolic OH excluding ortho intramolecular Hbond substituents is 1. The fraction of sp³-hybridized carbons (Fsp3) is 0.316. The van der Waals surface area contributed by atoms with Crippen molar-refractivity contribution in [1.82, 2.24) is 0 Å². The normalized spacial score (nSPS) is 11.1. The van der Waals surface area contributed by atoms with Crippen LogP contribution in [0, 0.1) is 0 Å². The van der Waals surface area contributed by atoms with Gasteiger partial charge in [0.05, 0.1) is 0 Å². The van der Waals surface area contributed by atoms with Gasteiger partial charge in [-0.25, -0.2) is 0 Å². The van der Waals surface area contributed by atoms with Crippen LogP contribution in [-0.4, -0.2) is 11.7 Å². The molecular formula is C19H25N2O+. The zero-order valence-electron chi connectivity index (χ0n) is 13.0. The second kappa shape index (κ2) is 9.00. The van der Waals surface area contributed by atoms with E-state index in [0.29, 0.717) is 5.75 Å². The van der Waals surface area contributed by atoms with Crippen LogP contribution in [0.3, 0.4) is 0 Å². The summed E-state index contributed by atoms with van der Waals surface area (Å²) >= 11 is 0. The van der Waals surface area contributed by atoms with Crippen LogP contribution >= 0.6 is 0 Å². The molecule has 0 saturated heterocycles. The molecule has 116 valence electrons. The van der Waals surface area contributed by atoms with Crippen molar-refractivity contribution in [2.75, 3.05) is 6.54 Å². The molecule has 0 aliphatic carbocycles. The Labute approximate surface area is 132 Å². The molecule has 3 heteroatoms. The number of aromatic nitrogens is 1. The molecule has 0 aliphatic heterocycles. The SMILES string of the molecule is NCCCCCC[n+]1ccccc1/C=C/c1ccc(O)cc1. The van der Waals surface area contributed by atoms with Crippen LogP contribution in [0.1, 0.15) is 36.9 Å². The van der Waals surface area contributed by atoms with Gasteiger partial charge in [-0.05, 0) is 49.2 Å². The van der Waals surface area contributed by atoms with Crippen LogP contribution in [0.5, 0.6) is 5.75 Å². The Hall–Kier alpha value is -2.13. The van der Waals surface area contributed by atoms with Crippen molar-refractivity contribution in [2.24, 2.45) is 5.73 Å². The van der Waals surface area contributed by atoms with Gasteiger partial charge in [0, 0.05) is 24.6 Å². The standard InChI is InChI=1S/C19H24N2O/c20-14-4-1-2-5-15-21-16-6-3-7-18(21)11-8-17-9-12-19(22)13-10-17/h3,6-13,16H,1-2,4-5,14-15,20H2/p+1. The molecule has 0 bridgehead atoms. The molecule has 1 heterocycles. The summed E-state index contributed by atoms with van der Waals surface area (Å²) in [5.41, 5.74) is 7.79. The summed E-state index contributed by atoms with van der Waals surface area (Å²) in [6, 6.07) is 13.5. The average Bonchev–Trinajstić information content (AvgIpc) is 2.55. The predicted molar refractivity (Wildman–Crippen MR) is 91.2 cm³/mol. The van der Waals surface area contributed by atoms with Crippen molar-refractivity contribution in [3.63, 3.8) is 0 Å². The number of aromatic hydroxyl groups is 1. The quantitative estimate of drug-likeness (QED) is 0.580. The summed E-state index contributed by atoms with van der Waals surface area (Å²) in [7, 11) is 0. The molecular weight excluding hydrogens is 272 g/mol. The second-order valence-electron chi connectivity index (χ2n) is 5.45. The molecule has 1 aromatic heterocycles. The first-order valence-corrected chi connectivity index (χ1v) is 7.95. The van der Waals surface area contributed by atoms with Gasteiger partial charge in [0.2, 0.25) is 5.69 Å². The molecule has 0 unspecified atom stereocenters. The molecule has 3 N–H and O–H groups in total. The van der Waals surface area contributed by atoms with Gasteiger partial charge in [0.25, 0.3) is 0 Å². The number of nitrogens with zero attached hydrogens (tertiary/aromatic N) is 1. The number of rotatable bonds is 8. The third-order valence-corrected chi connectivity index (χ3v) is 3.67. The highest BCUT2D eigenvalue weighted by molar-refractivity contribution is 5.67. The molecule has 0 amide bonds. The lowest BCUT2D eigenvalue weighted by atomic mass is 10.1. The summed E-state index contributed by atoms with van der Waals surface area (Å²) in [6.07, 6.45) is 11.0. The van der Waals surface area contributed by atoms with Crippen LogP contribution < -0.4 is 10.3 Å². The van der Waals surface area contributed by atoms with Crippen LogP contribution in [0.25, 0.3) is 12.2 Å². The maximum absolute atomic E-state index is 9.31. The highest BCUT2D eigenvalue weighted by Crippen LogP contribution is 2.12. The molecule has 22 heavy (non-hydrogen) atoms. The zero-order valence-corrected chi connectivity index (χ0v) is 13.0. The van der Waals surface area contributed by atoms with Gasteiger partial charge in [0.15, 0.2) is 6.20 Å². The molecule has 0 radical (unpaired) electrons. The number of pyridine rings is 1. The summed E-state index contributed by atoms with van der Waals surface area (Å²) in [4.78, 5) is 0. The number of phenols is 1. The van der Waals surface area contributed by atoms with Crippen LogP contribution in [0.4, 0.5) is 0 Å². The second-order valence-corrected chi connectivity index (χ2v) is 5.45. The van der Waals surface area contributed by atoms with E-state index in [1.165, 1.54) is 25.0 Å². The lowest BCUT2D eigenvalue weighted by molar-refractivity contribution is -0.699. The first-order valence-electron chi connectivity index (χ1n) is 7.95. The van der Waals surface area contributed by atoms with Crippen molar-refractivity contribution in [3.05, 3.63) is 59.9 Å². The lowest BCUT2D eigenvalue weighted by Gasteiger charge is -2.01. The Bertz CT molecular complexity index is 591. The van der Waals surface area contributed by atoms with Gasteiger partial charge in [-0.3, -0.25) is 0 Å². The van der Waals surface area contributed by atoms with Crippen molar-refractivity contribution < 1.29 is 9.67 Å². The molecule has 0 fully saturated rings. The Morgan fingerprint density at radius 3 is 2.45 bits per heavy atom. The number of hydrogen-bond donors (Lipinski definition) is 2.